The summed E-state index contributed by atoms with van der Waals surface area (Å²) >= 11 is 0. The fourth-order valence-electron chi connectivity index (χ4n) is 9.47. The average Bonchev–Trinajstić information content (AvgIpc) is 3.95. The summed E-state index contributed by atoms with van der Waals surface area (Å²) in [5, 5.41) is 19.2. The Morgan fingerprint density at radius 2 is 1.82 bits per heavy atom. The minimum Gasteiger partial charge on any atom is -0.366 e. The third-order valence-electron chi connectivity index (χ3n) is 12.7. The zero-order chi connectivity index (χ0) is 42.5. The maximum absolute atomic E-state index is 14.3. The first-order valence-electron chi connectivity index (χ1n) is 21.1. The highest BCUT2D eigenvalue weighted by Crippen LogP contribution is 2.34. The fourth-order valence-corrected chi connectivity index (χ4v) is 9.47. The van der Waals surface area contributed by atoms with Crippen LogP contribution in [0.1, 0.15) is 79.2 Å². The summed E-state index contributed by atoms with van der Waals surface area (Å²) in [5.41, 5.74) is 8.53. The number of aromatic nitrogens is 7. The summed E-state index contributed by atoms with van der Waals surface area (Å²) in [6, 6.07) is 7.78. The average molecular weight is 845 g/mol. The first-order chi connectivity index (χ1) is 29.4. The van der Waals surface area contributed by atoms with Crippen molar-refractivity contribution in [1.29, 1.82) is 0 Å². The van der Waals surface area contributed by atoms with Crippen LogP contribution in [0.2, 0.25) is 0 Å². The molecule has 0 aliphatic carbocycles. The molecule has 9 rings (SSSR count). The summed E-state index contributed by atoms with van der Waals surface area (Å²) < 4.78 is 47.6. The molecule has 20 heteroatoms. The predicted molar refractivity (Wildman–Crippen MR) is 222 cm³/mol. The second-order valence-electron chi connectivity index (χ2n) is 16.9. The SMILES string of the molecule is C[C@H]1CN(CCN2CCC(n3cc(NC(=O)c4cnn5ccc(N6C[C@H](N)C[C@@H](F)C6)nc45)c(C(F)F)n3)CC2)CCN1c1ccc2c(C3CCC(=O)NC3=O)nn(C)c2c1. The van der Waals surface area contributed by atoms with Gasteiger partial charge in [0.25, 0.3) is 12.3 Å². The number of benzene rings is 1. The Hall–Kier alpha value is -5.60. The number of rotatable bonds is 10. The van der Waals surface area contributed by atoms with E-state index in [9.17, 15) is 27.6 Å². The molecule has 4 fully saturated rings. The number of anilines is 3. The molecule has 4 aromatic heterocycles. The zero-order valence-corrected chi connectivity index (χ0v) is 34.3. The van der Waals surface area contributed by atoms with Crippen molar-refractivity contribution in [2.24, 2.45) is 12.8 Å². The van der Waals surface area contributed by atoms with Gasteiger partial charge in [-0.05, 0) is 56.9 Å². The van der Waals surface area contributed by atoms with Crippen LogP contribution < -0.4 is 26.2 Å². The highest BCUT2D eigenvalue weighted by atomic mass is 19.3. The number of hydrogen-bond donors (Lipinski definition) is 3. The van der Waals surface area contributed by atoms with E-state index in [1.54, 1.807) is 21.8 Å². The van der Waals surface area contributed by atoms with Gasteiger partial charge in [0, 0.05) is 101 Å². The van der Waals surface area contributed by atoms with Crippen LogP contribution in [0.3, 0.4) is 0 Å². The molecule has 324 valence electrons. The summed E-state index contributed by atoms with van der Waals surface area (Å²) in [7, 11) is 1.89. The summed E-state index contributed by atoms with van der Waals surface area (Å²) in [4.78, 5) is 51.4. The van der Waals surface area contributed by atoms with Crippen LogP contribution in [0.25, 0.3) is 16.6 Å². The van der Waals surface area contributed by atoms with Crippen LogP contribution in [0.4, 0.5) is 30.4 Å². The molecule has 0 bridgehead atoms. The third-order valence-corrected chi connectivity index (χ3v) is 12.7. The number of carbonyl (C=O) groups is 3. The van der Waals surface area contributed by atoms with Gasteiger partial charge in [-0.3, -0.25) is 34.0 Å². The van der Waals surface area contributed by atoms with Crippen LogP contribution in [-0.2, 0) is 16.6 Å². The quantitative estimate of drug-likeness (QED) is 0.175. The normalized spacial score (nSPS) is 23.7. The number of imide groups is 1. The van der Waals surface area contributed by atoms with Crippen molar-refractivity contribution in [2.75, 3.05) is 74.0 Å². The van der Waals surface area contributed by atoms with E-state index in [4.69, 9.17) is 10.8 Å². The maximum atomic E-state index is 14.3. The van der Waals surface area contributed by atoms with Crippen molar-refractivity contribution in [3.8, 4) is 0 Å². The van der Waals surface area contributed by atoms with Gasteiger partial charge >= 0.3 is 0 Å². The van der Waals surface area contributed by atoms with Gasteiger partial charge in [0.05, 0.1) is 41.6 Å². The molecule has 0 radical (unpaired) electrons. The monoisotopic (exact) mass is 844 g/mol. The lowest BCUT2D eigenvalue weighted by molar-refractivity contribution is -0.134. The Labute approximate surface area is 350 Å². The largest absolute Gasteiger partial charge is 0.366 e. The maximum Gasteiger partial charge on any atom is 0.284 e. The lowest BCUT2D eigenvalue weighted by Gasteiger charge is -2.42. The first kappa shape index (κ1) is 40.8. The minimum atomic E-state index is -2.90. The van der Waals surface area contributed by atoms with E-state index >= 15 is 0 Å². The molecular formula is C41H51F3N14O3. The topological polar surface area (TPSA) is 180 Å². The standard InChI is InChI=1S/C41H51F3N14O3/c1-24-20-54(15-16-56(24)28-3-4-29-33(18-28)52(2)50-36(29)30-5-6-35(59)49-40(30)60)14-13-53-10-7-27(8-11-53)58-23-32(37(51-58)38(43)44)47-41(61)31-19-46-57-12-9-34(48-39(31)57)55-21-25(42)17-26(45)22-55/h3-4,9,12,18-19,23-27,30,38H,5-8,10-11,13-17,20-22,45H2,1-2H3,(H,47,61)(H,49,59,60)/t24-,25+,26+,30?/m0/s1. The number of carbonyl (C=O) groups excluding carboxylic acids is 3. The summed E-state index contributed by atoms with van der Waals surface area (Å²) in [6.45, 7) is 8.83. The minimum absolute atomic E-state index is 0.0642. The Balaban J connectivity index is 0.779. The highest BCUT2D eigenvalue weighted by molar-refractivity contribution is 6.08. The van der Waals surface area contributed by atoms with E-state index in [1.807, 2.05) is 17.8 Å². The molecule has 4 aliphatic rings. The number of hydrogen-bond acceptors (Lipinski definition) is 12. The third kappa shape index (κ3) is 8.27. The van der Waals surface area contributed by atoms with Gasteiger partial charge in [-0.2, -0.15) is 15.3 Å². The number of piperazine rings is 1. The Kier molecular flexibility index (Phi) is 11.2. The number of nitrogens with two attached hydrogens (primary N) is 1. The number of fused-ring (bicyclic) bond motifs is 2. The zero-order valence-electron chi connectivity index (χ0n) is 34.3. The van der Waals surface area contributed by atoms with Crippen molar-refractivity contribution < 1.29 is 27.6 Å². The molecule has 0 spiro atoms. The number of halogens is 3. The van der Waals surface area contributed by atoms with Gasteiger partial charge < -0.3 is 25.8 Å². The van der Waals surface area contributed by atoms with Crippen molar-refractivity contribution in [2.45, 2.75) is 75.7 Å². The smallest absolute Gasteiger partial charge is 0.284 e. The van der Waals surface area contributed by atoms with Gasteiger partial charge in [0.2, 0.25) is 11.8 Å². The number of likely N-dealkylation sites (tertiary alicyclic amines) is 1. The highest BCUT2D eigenvalue weighted by Gasteiger charge is 2.33. The van der Waals surface area contributed by atoms with Crippen LogP contribution in [0, 0.1) is 0 Å². The molecule has 4 atom stereocenters. The van der Waals surface area contributed by atoms with E-state index in [1.165, 1.54) is 16.9 Å². The van der Waals surface area contributed by atoms with Gasteiger partial charge in [0.15, 0.2) is 11.3 Å². The van der Waals surface area contributed by atoms with Gasteiger partial charge in [-0.1, -0.05) is 0 Å². The number of nitrogens with one attached hydrogen (secondary N) is 2. The number of nitrogens with zero attached hydrogens (tertiary/aromatic N) is 11. The predicted octanol–water partition coefficient (Wildman–Crippen LogP) is 3.25. The number of alkyl halides is 3. The van der Waals surface area contributed by atoms with E-state index < -0.39 is 30.1 Å². The van der Waals surface area contributed by atoms with Crippen molar-refractivity contribution >= 4 is 51.5 Å². The fraction of sp³-hybridized carbons (Fsp3) is 0.537. The van der Waals surface area contributed by atoms with Crippen molar-refractivity contribution in [1.82, 2.24) is 49.3 Å². The molecule has 8 heterocycles. The molecule has 61 heavy (non-hydrogen) atoms. The molecule has 17 nitrogen and oxygen atoms in total. The van der Waals surface area contributed by atoms with E-state index in [2.05, 4.69) is 59.6 Å². The van der Waals surface area contributed by atoms with Crippen molar-refractivity contribution in [3.63, 3.8) is 0 Å². The van der Waals surface area contributed by atoms with Crippen molar-refractivity contribution in [3.05, 3.63) is 59.8 Å². The van der Waals surface area contributed by atoms with E-state index in [0.29, 0.717) is 30.9 Å². The number of amides is 3. The summed E-state index contributed by atoms with van der Waals surface area (Å²) in [6.07, 6.45) is 2.92. The molecule has 4 aliphatic heterocycles. The van der Waals surface area contributed by atoms with Crippen LogP contribution in [0.15, 0.2) is 42.9 Å². The Bertz CT molecular complexity index is 2430. The molecule has 1 aromatic carbocycles. The summed E-state index contributed by atoms with van der Waals surface area (Å²) in [5.74, 6) is -1.18. The van der Waals surface area contributed by atoms with Gasteiger partial charge in [-0.25, -0.2) is 22.7 Å². The molecule has 0 saturated carbocycles. The number of aryl methyl sites for hydroxylation is 1. The molecule has 3 amide bonds. The molecular weight excluding hydrogens is 794 g/mol. The second-order valence-corrected chi connectivity index (χ2v) is 16.9. The molecule has 5 aromatic rings. The van der Waals surface area contributed by atoms with Gasteiger partial charge in [-0.15, -0.1) is 0 Å². The lowest BCUT2D eigenvalue weighted by atomic mass is 9.92. The number of piperidine rings is 3. The Morgan fingerprint density at radius 1 is 1.02 bits per heavy atom. The molecule has 4 N–H and O–H groups in total. The molecule has 1 unspecified atom stereocenters. The van der Waals surface area contributed by atoms with E-state index in [-0.39, 0.29) is 59.8 Å². The van der Waals surface area contributed by atoms with Crippen LogP contribution in [-0.4, -0.2) is 139 Å². The van der Waals surface area contributed by atoms with E-state index in [0.717, 1.165) is 75.2 Å². The molecule has 4 saturated heterocycles. The van der Waals surface area contributed by atoms with Crippen LogP contribution >= 0.6 is 0 Å². The Morgan fingerprint density at radius 3 is 2.57 bits per heavy atom. The first-order valence-corrected chi connectivity index (χ1v) is 21.1. The lowest BCUT2D eigenvalue weighted by Crippen LogP contribution is -2.53. The van der Waals surface area contributed by atoms with Gasteiger partial charge in [0.1, 0.15) is 17.6 Å². The van der Waals surface area contributed by atoms with Crippen LogP contribution in [0.5, 0.6) is 0 Å². The second kappa shape index (κ2) is 16.7.